The van der Waals surface area contributed by atoms with Gasteiger partial charge in [-0.1, -0.05) is 12.1 Å². The van der Waals surface area contributed by atoms with Gasteiger partial charge in [-0.3, -0.25) is 0 Å². The smallest absolute Gasteiger partial charge is 0.146 e. The van der Waals surface area contributed by atoms with E-state index in [9.17, 15) is 9.50 Å². The molecule has 0 amide bonds. The zero-order valence-corrected chi connectivity index (χ0v) is 8.13. The van der Waals surface area contributed by atoms with E-state index in [0.717, 1.165) is 0 Å². The van der Waals surface area contributed by atoms with Crippen LogP contribution in [-0.4, -0.2) is 18.7 Å². The normalized spacial score (nSPS) is 12.8. The van der Waals surface area contributed by atoms with Crippen LogP contribution in [-0.2, 0) is 0 Å². The molecule has 0 radical (unpaired) electrons. The number of aliphatic hydroxyl groups excluding tert-OH is 1. The molecular formula is C10H15FN2O. The lowest BCUT2D eigenvalue weighted by Crippen LogP contribution is -2.13. The highest BCUT2D eigenvalue weighted by molar-refractivity contribution is 5.49. The molecule has 0 fully saturated rings. The number of nitrogen functional groups attached to an aromatic ring is 1. The minimum Gasteiger partial charge on any atom is -0.396 e. The van der Waals surface area contributed by atoms with Gasteiger partial charge in [0.2, 0.25) is 0 Å². The predicted molar refractivity (Wildman–Crippen MR) is 54.3 cm³/mol. The standard InChI is InChI=1S/C10H15FN2O/c1-13-6-5-9(14)7-3-2-4-8(11)10(7)12/h2-4,9,13-14H,5-6,12H2,1H3. The lowest BCUT2D eigenvalue weighted by Gasteiger charge is -2.13. The first kappa shape index (κ1) is 10.9. The van der Waals surface area contributed by atoms with E-state index in [0.29, 0.717) is 18.5 Å². The molecule has 0 saturated carbocycles. The molecule has 0 bridgehead atoms. The molecule has 3 nitrogen and oxygen atoms in total. The zero-order valence-electron chi connectivity index (χ0n) is 8.13. The van der Waals surface area contributed by atoms with Gasteiger partial charge in [-0.15, -0.1) is 0 Å². The van der Waals surface area contributed by atoms with Crippen molar-refractivity contribution in [1.82, 2.24) is 5.32 Å². The highest BCUT2D eigenvalue weighted by Gasteiger charge is 2.12. The Kier molecular flexibility index (Phi) is 3.85. The van der Waals surface area contributed by atoms with Crippen LogP contribution in [0.3, 0.4) is 0 Å². The van der Waals surface area contributed by atoms with Crippen LogP contribution in [0.25, 0.3) is 0 Å². The number of hydrogen-bond donors (Lipinski definition) is 3. The number of rotatable bonds is 4. The first-order chi connectivity index (χ1) is 6.66. The maximum Gasteiger partial charge on any atom is 0.146 e. The van der Waals surface area contributed by atoms with Gasteiger partial charge in [-0.05, 0) is 26.1 Å². The van der Waals surface area contributed by atoms with Crippen molar-refractivity contribution in [2.75, 3.05) is 19.3 Å². The molecular weight excluding hydrogens is 183 g/mol. The van der Waals surface area contributed by atoms with Crippen molar-refractivity contribution < 1.29 is 9.50 Å². The molecule has 0 aliphatic rings. The monoisotopic (exact) mass is 198 g/mol. The van der Waals surface area contributed by atoms with Crippen LogP contribution in [0.15, 0.2) is 18.2 Å². The van der Waals surface area contributed by atoms with E-state index in [4.69, 9.17) is 5.73 Å². The van der Waals surface area contributed by atoms with Gasteiger partial charge in [-0.25, -0.2) is 4.39 Å². The summed E-state index contributed by atoms with van der Waals surface area (Å²) in [4.78, 5) is 0. The first-order valence-electron chi connectivity index (χ1n) is 4.53. The SMILES string of the molecule is CNCCC(O)c1cccc(F)c1N. The molecule has 0 heterocycles. The van der Waals surface area contributed by atoms with Crippen LogP contribution in [0.2, 0.25) is 0 Å². The molecule has 0 aromatic heterocycles. The topological polar surface area (TPSA) is 58.3 Å². The fourth-order valence-electron chi connectivity index (χ4n) is 1.28. The Hall–Kier alpha value is -1.13. The van der Waals surface area contributed by atoms with Crippen molar-refractivity contribution in [1.29, 1.82) is 0 Å². The molecule has 14 heavy (non-hydrogen) atoms. The first-order valence-corrected chi connectivity index (χ1v) is 4.53. The summed E-state index contributed by atoms with van der Waals surface area (Å²) in [6.45, 7) is 0.664. The third-order valence-electron chi connectivity index (χ3n) is 2.11. The third kappa shape index (κ3) is 2.43. The number of para-hydroxylation sites is 1. The Morgan fingerprint density at radius 3 is 2.93 bits per heavy atom. The maximum atomic E-state index is 13.0. The van der Waals surface area contributed by atoms with Crippen molar-refractivity contribution in [3.05, 3.63) is 29.6 Å². The average molecular weight is 198 g/mol. The largest absolute Gasteiger partial charge is 0.396 e. The molecule has 1 unspecified atom stereocenters. The quantitative estimate of drug-likeness (QED) is 0.634. The second kappa shape index (κ2) is 4.93. The van der Waals surface area contributed by atoms with Gasteiger partial charge >= 0.3 is 0 Å². The summed E-state index contributed by atoms with van der Waals surface area (Å²) in [5, 5.41) is 12.6. The van der Waals surface area contributed by atoms with Gasteiger partial charge in [0.05, 0.1) is 11.8 Å². The van der Waals surface area contributed by atoms with E-state index in [1.807, 2.05) is 0 Å². The number of halogens is 1. The van der Waals surface area contributed by atoms with Crippen molar-refractivity contribution in [3.63, 3.8) is 0 Å². The van der Waals surface area contributed by atoms with Gasteiger partial charge < -0.3 is 16.2 Å². The van der Waals surface area contributed by atoms with Gasteiger partial charge in [0.25, 0.3) is 0 Å². The van der Waals surface area contributed by atoms with Crippen LogP contribution in [0, 0.1) is 5.82 Å². The van der Waals surface area contributed by atoms with E-state index in [1.54, 1.807) is 19.2 Å². The lowest BCUT2D eigenvalue weighted by atomic mass is 10.0. The van der Waals surface area contributed by atoms with Crippen LogP contribution < -0.4 is 11.1 Å². The van der Waals surface area contributed by atoms with Crippen LogP contribution in [0.1, 0.15) is 18.1 Å². The third-order valence-corrected chi connectivity index (χ3v) is 2.11. The van der Waals surface area contributed by atoms with Crippen molar-refractivity contribution >= 4 is 5.69 Å². The van der Waals surface area contributed by atoms with Gasteiger partial charge in [0, 0.05) is 5.56 Å². The highest BCUT2D eigenvalue weighted by atomic mass is 19.1. The number of nitrogens with two attached hydrogens (primary N) is 1. The average Bonchev–Trinajstić information content (AvgIpc) is 2.18. The summed E-state index contributed by atoms with van der Waals surface area (Å²) < 4.78 is 13.0. The fraction of sp³-hybridized carbons (Fsp3) is 0.400. The predicted octanol–water partition coefficient (Wildman–Crippen LogP) is 1.05. The minimum atomic E-state index is -0.710. The highest BCUT2D eigenvalue weighted by Crippen LogP contribution is 2.24. The number of nitrogens with one attached hydrogen (secondary N) is 1. The minimum absolute atomic E-state index is 0.0381. The van der Waals surface area contributed by atoms with Crippen molar-refractivity contribution in [2.45, 2.75) is 12.5 Å². The molecule has 78 valence electrons. The van der Waals surface area contributed by atoms with E-state index < -0.39 is 11.9 Å². The van der Waals surface area contributed by atoms with Gasteiger partial charge in [-0.2, -0.15) is 0 Å². The summed E-state index contributed by atoms with van der Waals surface area (Å²) in [5.74, 6) is -0.481. The van der Waals surface area contributed by atoms with E-state index in [-0.39, 0.29) is 5.69 Å². The van der Waals surface area contributed by atoms with Crippen molar-refractivity contribution in [3.8, 4) is 0 Å². The molecule has 0 aliphatic carbocycles. The zero-order chi connectivity index (χ0) is 10.6. The molecule has 4 N–H and O–H groups in total. The molecule has 1 rings (SSSR count). The Balaban J connectivity index is 2.79. The molecule has 1 aromatic rings. The summed E-state index contributed by atoms with van der Waals surface area (Å²) in [6, 6.07) is 4.46. The molecule has 0 spiro atoms. The number of anilines is 1. The Labute approximate surface area is 82.7 Å². The van der Waals surface area contributed by atoms with Crippen LogP contribution >= 0.6 is 0 Å². The Morgan fingerprint density at radius 2 is 2.29 bits per heavy atom. The molecule has 1 atom stereocenters. The van der Waals surface area contributed by atoms with Gasteiger partial charge in [0.15, 0.2) is 0 Å². The fourth-order valence-corrected chi connectivity index (χ4v) is 1.28. The molecule has 0 saturated heterocycles. The molecule has 0 aliphatic heterocycles. The molecule has 1 aromatic carbocycles. The Bertz CT molecular complexity index is 304. The number of hydrogen-bond acceptors (Lipinski definition) is 3. The maximum absolute atomic E-state index is 13.0. The lowest BCUT2D eigenvalue weighted by molar-refractivity contribution is 0.168. The van der Waals surface area contributed by atoms with E-state index in [2.05, 4.69) is 5.32 Å². The summed E-state index contributed by atoms with van der Waals surface area (Å²) in [5.41, 5.74) is 6.00. The van der Waals surface area contributed by atoms with Crippen LogP contribution in [0.4, 0.5) is 10.1 Å². The van der Waals surface area contributed by atoms with E-state index in [1.165, 1.54) is 6.07 Å². The van der Waals surface area contributed by atoms with Crippen molar-refractivity contribution in [2.24, 2.45) is 0 Å². The molecule has 4 heteroatoms. The number of benzene rings is 1. The summed E-state index contributed by atoms with van der Waals surface area (Å²) in [7, 11) is 1.79. The summed E-state index contributed by atoms with van der Waals surface area (Å²) >= 11 is 0. The second-order valence-corrected chi connectivity index (χ2v) is 3.15. The number of aliphatic hydroxyl groups is 1. The van der Waals surface area contributed by atoms with E-state index >= 15 is 0 Å². The van der Waals surface area contributed by atoms with Crippen LogP contribution in [0.5, 0.6) is 0 Å². The summed E-state index contributed by atoms with van der Waals surface area (Å²) in [6.07, 6.45) is -0.192. The van der Waals surface area contributed by atoms with Gasteiger partial charge in [0.1, 0.15) is 5.82 Å². The second-order valence-electron chi connectivity index (χ2n) is 3.15. The Morgan fingerprint density at radius 1 is 1.57 bits per heavy atom.